The van der Waals surface area contributed by atoms with E-state index in [4.69, 9.17) is 13.9 Å². The fraction of sp³-hybridized carbons (Fsp3) is 0.448. The number of methoxy groups -OCH3 is 1. The van der Waals surface area contributed by atoms with Crippen molar-refractivity contribution in [2.24, 2.45) is 0 Å². The highest BCUT2D eigenvalue weighted by Gasteiger charge is 2.31. The van der Waals surface area contributed by atoms with Gasteiger partial charge in [0.05, 0.1) is 36.2 Å². The van der Waals surface area contributed by atoms with Crippen molar-refractivity contribution in [3.8, 4) is 16.5 Å². The van der Waals surface area contributed by atoms with E-state index in [1.54, 1.807) is 17.9 Å². The van der Waals surface area contributed by atoms with E-state index >= 15 is 0 Å². The lowest BCUT2D eigenvalue weighted by Crippen LogP contribution is -2.48. The van der Waals surface area contributed by atoms with Crippen LogP contribution in [-0.4, -0.2) is 33.1 Å². The molecule has 3 aromatic heterocycles. The maximum Gasteiger partial charge on any atom is 0.332 e. The number of fused-ring (bicyclic) bond motifs is 1. The molecule has 9 nitrogen and oxygen atoms in total. The number of thiophene rings is 1. The highest BCUT2D eigenvalue weighted by molar-refractivity contribution is 7.22. The third-order valence-corrected chi connectivity index (χ3v) is 8.49. The minimum absolute atomic E-state index is 0.134. The average Bonchev–Trinajstić information content (AvgIpc) is 3.54. The Hall–Kier alpha value is -3.50. The Kier molecular flexibility index (Phi) is 7.35. The van der Waals surface area contributed by atoms with E-state index in [1.165, 1.54) is 22.2 Å². The molecule has 4 aromatic rings. The number of oxazole rings is 1. The number of aryl methyl sites for hydroxylation is 1. The molecule has 0 bridgehead atoms. The van der Waals surface area contributed by atoms with Gasteiger partial charge >= 0.3 is 5.69 Å². The summed E-state index contributed by atoms with van der Waals surface area (Å²) in [5, 5.41) is 0.463. The number of carbonyl (C=O) groups excluding carboxylic acids is 1. The van der Waals surface area contributed by atoms with Crippen molar-refractivity contribution in [2.75, 3.05) is 7.11 Å². The quantitative estimate of drug-likeness (QED) is 0.310. The number of aromatic nitrogens is 3. The third-order valence-electron chi connectivity index (χ3n) is 7.19. The third kappa shape index (κ3) is 5.10. The van der Waals surface area contributed by atoms with Gasteiger partial charge in [-0.15, -0.1) is 11.3 Å². The van der Waals surface area contributed by atoms with Gasteiger partial charge in [0.25, 0.3) is 5.56 Å². The van der Waals surface area contributed by atoms with Crippen molar-refractivity contribution >= 4 is 27.3 Å². The molecule has 1 aromatic carbocycles. The predicted octanol–water partition coefficient (Wildman–Crippen LogP) is 5.22. The second kappa shape index (κ2) is 10.6. The number of rotatable bonds is 7. The van der Waals surface area contributed by atoms with Crippen molar-refractivity contribution in [1.82, 2.24) is 14.1 Å². The van der Waals surface area contributed by atoms with Crippen LogP contribution in [0.1, 0.15) is 63.7 Å². The van der Waals surface area contributed by atoms with E-state index in [0.29, 0.717) is 52.4 Å². The molecule has 0 aliphatic heterocycles. The van der Waals surface area contributed by atoms with E-state index < -0.39 is 17.3 Å². The van der Waals surface area contributed by atoms with Crippen LogP contribution >= 0.6 is 11.3 Å². The Bertz CT molecular complexity index is 1610. The van der Waals surface area contributed by atoms with Crippen LogP contribution in [0.4, 0.5) is 0 Å². The van der Waals surface area contributed by atoms with E-state index in [9.17, 15) is 14.4 Å². The van der Waals surface area contributed by atoms with Gasteiger partial charge in [-0.25, -0.2) is 9.78 Å². The summed E-state index contributed by atoms with van der Waals surface area (Å²) in [7, 11) is 1.60. The Labute approximate surface area is 230 Å². The molecule has 1 aliphatic rings. The molecule has 0 unspecified atom stereocenters. The number of hydrogen-bond donors (Lipinski definition) is 0. The van der Waals surface area contributed by atoms with Crippen LogP contribution in [0.25, 0.3) is 21.0 Å². The van der Waals surface area contributed by atoms with E-state index in [1.807, 2.05) is 52.0 Å². The monoisotopic (exact) mass is 551 g/mol. The molecule has 0 spiro atoms. The summed E-state index contributed by atoms with van der Waals surface area (Å²) in [4.78, 5) is 45.3. The maximum atomic E-state index is 14.1. The molecule has 39 heavy (non-hydrogen) atoms. The second-order valence-electron chi connectivity index (χ2n) is 10.9. The van der Waals surface area contributed by atoms with Crippen LogP contribution in [0.15, 0.2) is 50.7 Å². The standard InChI is InChI=1S/C29H33N3O6S/c1-17-23-26(34)32(29(2,3)4)28(35)31(27(23)39-24(17)25-30-14-15-37-25)16-22(20-8-6-7-9-21(20)36-5)38-19-12-10-18(33)11-13-19/h6-9,14-15,19,22H,10-13,16H2,1-5H3/t22-/m0/s1. The van der Waals surface area contributed by atoms with Gasteiger partial charge in [-0.2, -0.15) is 0 Å². The predicted molar refractivity (Wildman–Crippen MR) is 150 cm³/mol. The van der Waals surface area contributed by atoms with Gasteiger partial charge in [0, 0.05) is 23.9 Å². The lowest BCUT2D eigenvalue weighted by molar-refractivity contribution is -0.124. The first-order valence-corrected chi connectivity index (χ1v) is 13.9. The highest BCUT2D eigenvalue weighted by Crippen LogP contribution is 2.38. The van der Waals surface area contributed by atoms with Gasteiger partial charge in [0.1, 0.15) is 28.7 Å². The van der Waals surface area contributed by atoms with Crippen LogP contribution in [-0.2, 0) is 21.6 Å². The number of ether oxygens (including phenoxy) is 2. The lowest BCUT2D eigenvalue weighted by atomic mass is 9.96. The molecule has 1 atom stereocenters. The summed E-state index contributed by atoms with van der Waals surface area (Å²) in [6.07, 6.45) is 4.56. The minimum Gasteiger partial charge on any atom is -0.496 e. The molecule has 3 heterocycles. The van der Waals surface area contributed by atoms with Crippen molar-refractivity contribution in [3.05, 3.63) is 68.7 Å². The molecule has 0 N–H and O–H groups in total. The number of nitrogens with zero attached hydrogens (tertiary/aromatic N) is 3. The molecule has 1 fully saturated rings. The van der Waals surface area contributed by atoms with E-state index in [0.717, 1.165) is 11.1 Å². The zero-order valence-corrected chi connectivity index (χ0v) is 23.7. The molecule has 0 amide bonds. The zero-order chi connectivity index (χ0) is 27.9. The molecule has 0 saturated heterocycles. The minimum atomic E-state index is -0.758. The molecular weight excluding hydrogens is 518 g/mol. The molecule has 0 radical (unpaired) electrons. The van der Waals surface area contributed by atoms with Crippen LogP contribution in [0.2, 0.25) is 0 Å². The van der Waals surface area contributed by atoms with Gasteiger partial charge in [-0.1, -0.05) is 18.2 Å². The smallest absolute Gasteiger partial charge is 0.332 e. The SMILES string of the molecule is COc1ccccc1[C@H](Cn1c(=O)n(C(C)(C)C)c(=O)c2c(C)c(-c3ncco3)sc21)OC1CCC(=O)CC1. The van der Waals surface area contributed by atoms with Crippen LogP contribution in [0.5, 0.6) is 5.75 Å². The number of Topliss-reactive ketones (excluding diaryl/α,β-unsaturated/α-hetero) is 1. The molecule has 1 aliphatic carbocycles. The summed E-state index contributed by atoms with van der Waals surface area (Å²) in [6.45, 7) is 7.54. The maximum absolute atomic E-state index is 14.1. The fourth-order valence-electron chi connectivity index (χ4n) is 5.23. The van der Waals surface area contributed by atoms with Crippen molar-refractivity contribution in [2.45, 2.75) is 77.7 Å². The number of carbonyl (C=O) groups is 1. The van der Waals surface area contributed by atoms with Crippen molar-refractivity contribution in [3.63, 3.8) is 0 Å². The van der Waals surface area contributed by atoms with Gasteiger partial charge in [-0.3, -0.25) is 18.7 Å². The summed E-state index contributed by atoms with van der Waals surface area (Å²) >= 11 is 1.31. The number of benzene rings is 1. The molecule has 5 rings (SSSR count). The number of para-hydroxylation sites is 1. The Balaban J connectivity index is 1.71. The second-order valence-corrected chi connectivity index (χ2v) is 11.9. The van der Waals surface area contributed by atoms with E-state index in [-0.39, 0.29) is 24.0 Å². The molecular formula is C29H33N3O6S. The Morgan fingerprint density at radius 1 is 1.15 bits per heavy atom. The highest BCUT2D eigenvalue weighted by atomic mass is 32.1. The first-order valence-electron chi connectivity index (χ1n) is 13.1. The first-order chi connectivity index (χ1) is 18.6. The topological polar surface area (TPSA) is 106 Å². The number of hydrogen-bond acceptors (Lipinski definition) is 8. The van der Waals surface area contributed by atoms with Gasteiger partial charge in [0.2, 0.25) is 5.89 Å². The zero-order valence-electron chi connectivity index (χ0n) is 22.9. The summed E-state index contributed by atoms with van der Waals surface area (Å²) in [5.74, 6) is 1.29. The van der Waals surface area contributed by atoms with Gasteiger partial charge in [0.15, 0.2) is 0 Å². The summed E-state index contributed by atoms with van der Waals surface area (Å²) in [5.41, 5.74) is 0.00124. The van der Waals surface area contributed by atoms with Crippen molar-refractivity contribution < 1.29 is 18.7 Å². The molecule has 1 saturated carbocycles. The van der Waals surface area contributed by atoms with Gasteiger partial charge in [-0.05, 0) is 52.2 Å². The number of ketones is 1. The normalized spacial score (nSPS) is 15.7. The van der Waals surface area contributed by atoms with Crippen LogP contribution < -0.4 is 16.0 Å². The van der Waals surface area contributed by atoms with Crippen molar-refractivity contribution in [1.29, 1.82) is 0 Å². The Morgan fingerprint density at radius 2 is 1.87 bits per heavy atom. The van der Waals surface area contributed by atoms with Gasteiger partial charge < -0.3 is 13.9 Å². The largest absolute Gasteiger partial charge is 0.496 e. The fourth-order valence-corrected chi connectivity index (χ4v) is 6.48. The van der Waals surface area contributed by atoms with Crippen LogP contribution in [0.3, 0.4) is 0 Å². The Morgan fingerprint density at radius 3 is 2.51 bits per heavy atom. The van der Waals surface area contributed by atoms with E-state index in [2.05, 4.69) is 4.98 Å². The lowest BCUT2D eigenvalue weighted by Gasteiger charge is -2.30. The first kappa shape index (κ1) is 27.1. The average molecular weight is 552 g/mol. The summed E-state index contributed by atoms with van der Waals surface area (Å²) in [6, 6.07) is 7.58. The molecule has 10 heteroatoms. The van der Waals surface area contributed by atoms with Crippen LogP contribution in [0, 0.1) is 6.92 Å². The summed E-state index contributed by atoms with van der Waals surface area (Å²) < 4.78 is 20.8. The molecule has 206 valence electrons.